The number of pyridine rings is 1. The van der Waals surface area contributed by atoms with Crippen LogP contribution in [0.2, 0.25) is 0 Å². The van der Waals surface area contributed by atoms with Gasteiger partial charge < -0.3 is 15.0 Å². The molecule has 1 amide bonds. The van der Waals surface area contributed by atoms with Crippen molar-refractivity contribution < 1.29 is 9.18 Å². The van der Waals surface area contributed by atoms with Crippen molar-refractivity contribution in [1.82, 2.24) is 19.4 Å². The molecule has 1 fully saturated rings. The lowest BCUT2D eigenvalue weighted by Crippen LogP contribution is -2.12. The lowest BCUT2D eigenvalue weighted by molar-refractivity contribution is 0.102. The summed E-state index contributed by atoms with van der Waals surface area (Å²) in [7, 11) is 0. The van der Waals surface area contributed by atoms with Crippen LogP contribution in [-0.4, -0.2) is 31.3 Å². The van der Waals surface area contributed by atoms with Crippen LogP contribution >= 0.6 is 0 Å². The van der Waals surface area contributed by atoms with Crippen LogP contribution in [0.15, 0.2) is 61.3 Å². The quantitative estimate of drug-likeness (QED) is 0.544. The highest BCUT2D eigenvalue weighted by molar-refractivity contribution is 6.04. The Morgan fingerprint density at radius 1 is 1.21 bits per heavy atom. The minimum absolute atomic E-state index is 0.240. The first-order valence-electron chi connectivity index (χ1n) is 9.28. The Balaban J connectivity index is 1.45. The molecule has 0 spiro atoms. The van der Waals surface area contributed by atoms with Gasteiger partial charge in [-0.3, -0.25) is 9.78 Å². The van der Waals surface area contributed by atoms with Crippen molar-refractivity contribution in [3.8, 4) is 11.3 Å². The number of hydrogen-bond acceptors (Lipinski definition) is 5. The highest BCUT2D eigenvalue weighted by Gasteiger charge is 2.23. The summed E-state index contributed by atoms with van der Waals surface area (Å²) in [6, 6.07) is 7.77. The highest BCUT2D eigenvalue weighted by Crippen LogP contribution is 2.28. The second-order valence-corrected chi connectivity index (χ2v) is 6.98. The second-order valence-electron chi connectivity index (χ2n) is 6.98. The maximum atomic E-state index is 13.4. The zero-order valence-electron chi connectivity index (χ0n) is 15.3. The predicted octanol–water partition coefficient (Wildman–Crippen LogP) is 3.76. The molecule has 2 N–H and O–H groups in total. The molecule has 0 unspecified atom stereocenters. The Bertz CT molecular complexity index is 1220. The third-order valence-corrected chi connectivity index (χ3v) is 4.67. The molecule has 1 aliphatic carbocycles. The molecule has 3 heterocycles. The topological polar surface area (TPSA) is 84.2 Å². The summed E-state index contributed by atoms with van der Waals surface area (Å²) in [4.78, 5) is 25.7. The molecule has 1 aromatic carbocycles. The van der Waals surface area contributed by atoms with Gasteiger partial charge in [0.05, 0.1) is 17.6 Å². The minimum atomic E-state index is -0.460. The van der Waals surface area contributed by atoms with Crippen LogP contribution < -0.4 is 10.6 Å². The van der Waals surface area contributed by atoms with Crippen LogP contribution in [-0.2, 0) is 0 Å². The first-order chi connectivity index (χ1) is 14.2. The molecule has 144 valence electrons. The predicted molar refractivity (Wildman–Crippen MR) is 107 cm³/mol. The molecule has 1 saturated carbocycles. The Kier molecular flexibility index (Phi) is 4.16. The van der Waals surface area contributed by atoms with Gasteiger partial charge in [0.1, 0.15) is 5.82 Å². The van der Waals surface area contributed by atoms with Gasteiger partial charge in [0.2, 0.25) is 0 Å². The molecule has 7 nitrogen and oxygen atoms in total. The summed E-state index contributed by atoms with van der Waals surface area (Å²) >= 11 is 0. The first-order valence-corrected chi connectivity index (χ1v) is 9.28. The SMILES string of the molecule is O=C(Nc1cncc(-c2cn3ccnc3c(NC3CC3)n2)c1)c1cccc(F)c1. The fourth-order valence-corrected chi connectivity index (χ4v) is 3.07. The van der Waals surface area contributed by atoms with Crippen molar-refractivity contribution in [3.63, 3.8) is 0 Å². The van der Waals surface area contributed by atoms with Gasteiger partial charge in [0.25, 0.3) is 5.91 Å². The number of aromatic nitrogens is 4. The van der Waals surface area contributed by atoms with E-state index in [4.69, 9.17) is 4.98 Å². The molecular weight excluding hydrogens is 371 g/mol. The van der Waals surface area contributed by atoms with Crippen LogP contribution in [0.25, 0.3) is 16.9 Å². The largest absolute Gasteiger partial charge is 0.364 e. The lowest BCUT2D eigenvalue weighted by Gasteiger charge is -2.10. The Hall–Kier alpha value is -3.81. The fourth-order valence-electron chi connectivity index (χ4n) is 3.07. The number of carbonyl (C=O) groups excluding carboxylic acids is 1. The molecule has 29 heavy (non-hydrogen) atoms. The second kappa shape index (κ2) is 6.97. The maximum absolute atomic E-state index is 13.4. The zero-order chi connectivity index (χ0) is 19.8. The van der Waals surface area contributed by atoms with Gasteiger partial charge in [-0.15, -0.1) is 0 Å². The van der Waals surface area contributed by atoms with E-state index in [9.17, 15) is 9.18 Å². The van der Waals surface area contributed by atoms with Crippen molar-refractivity contribution in [3.05, 3.63) is 72.7 Å². The summed E-state index contributed by atoms with van der Waals surface area (Å²) in [5.74, 6) is -0.139. The van der Waals surface area contributed by atoms with Gasteiger partial charge >= 0.3 is 0 Å². The van der Waals surface area contributed by atoms with Crippen molar-refractivity contribution in [2.45, 2.75) is 18.9 Å². The molecule has 4 aromatic rings. The van der Waals surface area contributed by atoms with Crippen molar-refractivity contribution >= 4 is 23.1 Å². The van der Waals surface area contributed by atoms with E-state index in [-0.39, 0.29) is 5.56 Å². The molecule has 0 bridgehead atoms. The monoisotopic (exact) mass is 388 g/mol. The van der Waals surface area contributed by atoms with Crippen LogP contribution in [0.4, 0.5) is 15.9 Å². The van der Waals surface area contributed by atoms with Gasteiger partial charge in [-0.05, 0) is 37.1 Å². The molecule has 0 atom stereocenters. The number of benzene rings is 1. The number of hydrogen-bond donors (Lipinski definition) is 2. The first kappa shape index (κ1) is 17.3. The van der Waals surface area contributed by atoms with E-state index in [0.717, 1.165) is 29.9 Å². The summed E-state index contributed by atoms with van der Waals surface area (Å²) < 4.78 is 15.3. The summed E-state index contributed by atoms with van der Waals surface area (Å²) in [6.07, 6.45) is 10.9. The van der Waals surface area contributed by atoms with E-state index < -0.39 is 11.7 Å². The lowest BCUT2D eigenvalue weighted by atomic mass is 10.2. The molecule has 0 saturated heterocycles. The smallest absolute Gasteiger partial charge is 0.255 e. The van der Waals surface area contributed by atoms with Crippen LogP contribution in [0.5, 0.6) is 0 Å². The average molecular weight is 388 g/mol. The van der Waals surface area contributed by atoms with Gasteiger partial charge in [-0.1, -0.05) is 6.07 Å². The number of nitrogens with one attached hydrogen (secondary N) is 2. The Labute approximate surface area is 165 Å². The van der Waals surface area contributed by atoms with Gasteiger partial charge in [-0.2, -0.15) is 0 Å². The summed E-state index contributed by atoms with van der Waals surface area (Å²) in [5.41, 5.74) is 2.96. The number of fused-ring (bicyclic) bond motifs is 1. The highest BCUT2D eigenvalue weighted by atomic mass is 19.1. The zero-order valence-corrected chi connectivity index (χ0v) is 15.3. The summed E-state index contributed by atoms with van der Waals surface area (Å²) in [5, 5.41) is 6.16. The van der Waals surface area contributed by atoms with E-state index in [1.165, 1.54) is 18.2 Å². The molecule has 3 aromatic heterocycles. The van der Waals surface area contributed by atoms with E-state index in [2.05, 4.69) is 20.6 Å². The van der Waals surface area contributed by atoms with Gasteiger partial charge in [0.15, 0.2) is 11.5 Å². The normalized spacial score (nSPS) is 13.4. The number of rotatable bonds is 5. The summed E-state index contributed by atoms with van der Waals surface area (Å²) in [6.45, 7) is 0. The standard InChI is InChI=1S/C21H17FN6O/c22-15-3-1-2-13(8-15)21(29)26-17-9-14(10-23-11-17)18-12-28-7-6-24-20(28)19(27-18)25-16-4-5-16/h1-3,6-12,16H,4-5H2,(H,25,27)(H,26,29). The minimum Gasteiger partial charge on any atom is -0.364 e. The third kappa shape index (κ3) is 3.64. The average Bonchev–Trinajstić information content (AvgIpc) is 3.41. The van der Waals surface area contributed by atoms with Gasteiger partial charge in [0, 0.05) is 42.0 Å². The molecular formula is C21H17FN6O. The molecule has 5 rings (SSSR count). The van der Waals surface area contributed by atoms with E-state index in [0.29, 0.717) is 17.4 Å². The number of amides is 1. The van der Waals surface area contributed by atoms with Crippen molar-refractivity contribution in [2.24, 2.45) is 0 Å². The number of anilines is 2. The maximum Gasteiger partial charge on any atom is 0.255 e. The van der Waals surface area contributed by atoms with E-state index in [1.807, 2.05) is 16.8 Å². The van der Waals surface area contributed by atoms with E-state index >= 15 is 0 Å². The van der Waals surface area contributed by atoms with Crippen LogP contribution in [0.1, 0.15) is 23.2 Å². The number of imidazole rings is 1. The molecule has 0 aliphatic heterocycles. The Morgan fingerprint density at radius 2 is 2.10 bits per heavy atom. The third-order valence-electron chi connectivity index (χ3n) is 4.67. The molecule has 8 heteroatoms. The number of nitrogens with zero attached hydrogens (tertiary/aromatic N) is 4. The number of carbonyl (C=O) groups is 1. The molecule has 0 radical (unpaired) electrons. The fraction of sp³-hybridized carbons (Fsp3) is 0.143. The van der Waals surface area contributed by atoms with E-state index in [1.54, 1.807) is 30.7 Å². The van der Waals surface area contributed by atoms with Gasteiger partial charge in [-0.25, -0.2) is 14.4 Å². The van der Waals surface area contributed by atoms with Crippen LogP contribution in [0.3, 0.4) is 0 Å². The number of halogens is 1. The Morgan fingerprint density at radius 3 is 2.93 bits per heavy atom. The van der Waals surface area contributed by atoms with Crippen LogP contribution in [0, 0.1) is 5.82 Å². The van der Waals surface area contributed by atoms with Crippen molar-refractivity contribution in [1.29, 1.82) is 0 Å². The molecule has 1 aliphatic rings. The van der Waals surface area contributed by atoms with Crippen molar-refractivity contribution in [2.75, 3.05) is 10.6 Å².